The number of benzene rings is 2. The molecule has 1 fully saturated rings. The first-order valence-electron chi connectivity index (χ1n) is 11.4. The minimum absolute atomic E-state index is 0.317. The van der Waals surface area contributed by atoms with Crippen molar-refractivity contribution in [3.8, 4) is 5.75 Å². The molecule has 8 nitrogen and oxygen atoms in total. The molecule has 2 aliphatic rings. The number of hydrogen-bond acceptors (Lipinski definition) is 4. The van der Waals surface area contributed by atoms with Crippen LogP contribution >= 0.6 is 0 Å². The average molecular weight is 467 g/mol. The van der Waals surface area contributed by atoms with Gasteiger partial charge >= 0.3 is 12.0 Å². The average Bonchev–Trinajstić information content (AvgIpc) is 3.41. The van der Waals surface area contributed by atoms with E-state index in [0.717, 1.165) is 28.9 Å². The smallest absolute Gasteiger partial charge is 0.323 e. The Hall–Kier alpha value is -3.59. The van der Waals surface area contributed by atoms with E-state index >= 15 is 0 Å². The molecule has 1 unspecified atom stereocenters. The molecule has 1 spiro atoms. The van der Waals surface area contributed by atoms with E-state index in [1.54, 1.807) is 11.0 Å². The minimum atomic E-state index is -1.09. The van der Waals surface area contributed by atoms with Crippen molar-refractivity contribution in [2.75, 3.05) is 39.3 Å². The number of fused-ring (bicyclic) bond motifs is 4. The number of aliphatic carboxylic acids is 1. The van der Waals surface area contributed by atoms with E-state index in [2.05, 4.69) is 15.2 Å². The highest BCUT2D eigenvalue weighted by Gasteiger charge is 2.51. The van der Waals surface area contributed by atoms with Gasteiger partial charge in [-0.1, -0.05) is 18.2 Å². The number of nitrogens with zero attached hydrogens (tertiary/aromatic N) is 2. The second-order valence-corrected chi connectivity index (χ2v) is 8.84. The third-order valence-corrected chi connectivity index (χ3v) is 6.82. The molecular weight excluding hydrogens is 439 g/mol. The fourth-order valence-corrected chi connectivity index (χ4v) is 5.30. The van der Waals surface area contributed by atoms with E-state index < -0.39 is 24.1 Å². The lowest BCUT2D eigenvalue weighted by atomic mass is 9.84. The second kappa shape index (κ2) is 8.98. The highest BCUT2D eigenvalue weighted by atomic mass is 19.1. The Kier molecular flexibility index (Phi) is 5.87. The number of H-pyrrole nitrogens is 1. The van der Waals surface area contributed by atoms with E-state index in [9.17, 15) is 14.0 Å². The van der Waals surface area contributed by atoms with Crippen molar-refractivity contribution < 1.29 is 23.8 Å². The molecule has 1 saturated heterocycles. The first-order chi connectivity index (χ1) is 16.5. The van der Waals surface area contributed by atoms with Gasteiger partial charge in [0.05, 0.1) is 5.54 Å². The van der Waals surface area contributed by atoms with Crippen molar-refractivity contribution in [3.63, 3.8) is 0 Å². The summed E-state index contributed by atoms with van der Waals surface area (Å²) in [6.45, 7) is 2.54. The van der Waals surface area contributed by atoms with E-state index in [-0.39, 0.29) is 5.82 Å². The lowest BCUT2D eigenvalue weighted by Crippen LogP contribution is -2.58. The van der Waals surface area contributed by atoms with Crippen LogP contribution in [0.3, 0.4) is 0 Å². The van der Waals surface area contributed by atoms with Crippen LogP contribution < -0.4 is 10.1 Å². The molecule has 2 aliphatic heterocycles. The quantitative estimate of drug-likeness (QED) is 0.519. The number of urea groups is 1. The van der Waals surface area contributed by atoms with E-state index in [4.69, 9.17) is 9.84 Å². The van der Waals surface area contributed by atoms with Gasteiger partial charge in [-0.3, -0.25) is 9.69 Å². The number of carboxylic acid groups (broad SMARTS) is 1. The van der Waals surface area contributed by atoms with Crippen LogP contribution in [-0.2, 0) is 16.8 Å². The van der Waals surface area contributed by atoms with Crippen LogP contribution in [0.25, 0.3) is 10.9 Å². The Morgan fingerprint density at radius 3 is 2.79 bits per heavy atom. The van der Waals surface area contributed by atoms with Gasteiger partial charge in [0.1, 0.15) is 24.7 Å². The first-order valence-corrected chi connectivity index (χ1v) is 11.4. The lowest BCUT2D eigenvalue weighted by molar-refractivity contribution is -0.135. The van der Waals surface area contributed by atoms with Crippen molar-refractivity contribution in [1.82, 2.24) is 20.1 Å². The van der Waals surface area contributed by atoms with Crippen molar-refractivity contribution in [2.24, 2.45) is 0 Å². The fourth-order valence-electron chi connectivity index (χ4n) is 5.30. The Balaban J connectivity index is 1.42. The van der Waals surface area contributed by atoms with Gasteiger partial charge in [0.25, 0.3) is 0 Å². The SMILES string of the molecule is O=C(O)CNC(=O)N1CCc2c([nH]c3cc(F)ccc23)C12CCN(CCOc1ccccc1)C2. The predicted molar refractivity (Wildman–Crippen MR) is 124 cm³/mol. The van der Waals surface area contributed by atoms with Crippen LogP contribution in [0.5, 0.6) is 5.75 Å². The van der Waals surface area contributed by atoms with Crippen LogP contribution in [0.4, 0.5) is 9.18 Å². The topological polar surface area (TPSA) is 97.9 Å². The fraction of sp³-hybridized carbons (Fsp3) is 0.360. The number of amides is 2. The summed E-state index contributed by atoms with van der Waals surface area (Å²) < 4.78 is 19.8. The molecule has 3 heterocycles. The zero-order valence-electron chi connectivity index (χ0n) is 18.7. The number of hydrogen-bond donors (Lipinski definition) is 3. The number of para-hydroxylation sites is 1. The number of ether oxygens (including phenoxy) is 1. The monoisotopic (exact) mass is 466 g/mol. The van der Waals surface area contributed by atoms with Gasteiger partial charge in [-0.2, -0.15) is 0 Å². The van der Waals surface area contributed by atoms with Crippen LogP contribution in [0.2, 0.25) is 0 Å². The summed E-state index contributed by atoms with van der Waals surface area (Å²) in [5.41, 5.74) is 2.07. The number of nitrogens with one attached hydrogen (secondary N) is 2. The predicted octanol–water partition coefficient (Wildman–Crippen LogP) is 2.94. The summed E-state index contributed by atoms with van der Waals surface area (Å²) in [5, 5.41) is 12.5. The lowest BCUT2D eigenvalue weighted by Gasteiger charge is -2.44. The number of carboxylic acids is 1. The molecule has 1 aromatic heterocycles. The molecule has 0 saturated carbocycles. The van der Waals surface area contributed by atoms with E-state index in [0.29, 0.717) is 44.6 Å². The first kappa shape index (κ1) is 22.2. The molecule has 5 rings (SSSR count). The van der Waals surface area contributed by atoms with E-state index in [1.165, 1.54) is 12.1 Å². The summed E-state index contributed by atoms with van der Waals surface area (Å²) in [5.74, 6) is -0.599. The van der Waals surface area contributed by atoms with Gasteiger partial charge in [0.15, 0.2) is 0 Å². The molecule has 0 bridgehead atoms. The van der Waals surface area contributed by atoms with Gasteiger partial charge < -0.3 is 25.0 Å². The zero-order chi connectivity index (χ0) is 23.7. The molecule has 178 valence electrons. The summed E-state index contributed by atoms with van der Waals surface area (Å²) >= 11 is 0. The number of rotatable bonds is 6. The molecule has 0 radical (unpaired) electrons. The Bertz CT molecular complexity index is 1210. The molecular formula is C25H27FN4O4. The van der Waals surface area contributed by atoms with Gasteiger partial charge in [0, 0.05) is 42.8 Å². The Labute approximate surface area is 196 Å². The Morgan fingerprint density at radius 2 is 2.00 bits per heavy atom. The number of aromatic nitrogens is 1. The third-order valence-electron chi connectivity index (χ3n) is 6.82. The van der Waals surface area contributed by atoms with Gasteiger partial charge in [-0.05, 0) is 48.7 Å². The van der Waals surface area contributed by atoms with Crippen LogP contribution in [-0.4, -0.2) is 71.2 Å². The minimum Gasteiger partial charge on any atom is -0.492 e. The van der Waals surface area contributed by atoms with Crippen LogP contribution in [0.1, 0.15) is 17.7 Å². The number of likely N-dealkylation sites (tertiary alicyclic amines) is 1. The summed E-state index contributed by atoms with van der Waals surface area (Å²) in [6.07, 6.45) is 1.29. The van der Waals surface area contributed by atoms with Gasteiger partial charge in [-0.25, -0.2) is 9.18 Å². The van der Waals surface area contributed by atoms with Crippen molar-refractivity contribution in [2.45, 2.75) is 18.4 Å². The normalized spacial score (nSPS) is 20.0. The molecule has 3 aromatic rings. The van der Waals surface area contributed by atoms with Gasteiger partial charge in [-0.15, -0.1) is 0 Å². The maximum atomic E-state index is 13.9. The third kappa shape index (κ3) is 4.07. The molecule has 2 amide bonds. The standard InChI is InChI=1S/C25H27FN4O4/c26-17-6-7-19-20-8-10-30(24(33)27-15-22(31)32)25(23(20)28-21(19)14-17)9-11-29(16-25)12-13-34-18-4-2-1-3-5-18/h1-7,14,28H,8-13,15-16H2,(H,27,33)(H,31,32). The van der Waals surface area contributed by atoms with Crippen LogP contribution in [0.15, 0.2) is 48.5 Å². The zero-order valence-corrected chi connectivity index (χ0v) is 18.7. The molecule has 9 heteroatoms. The Morgan fingerprint density at radius 1 is 1.18 bits per heavy atom. The second-order valence-electron chi connectivity index (χ2n) is 8.84. The number of carbonyl (C=O) groups excluding carboxylic acids is 1. The van der Waals surface area contributed by atoms with Crippen LogP contribution in [0, 0.1) is 5.82 Å². The van der Waals surface area contributed by atoms with Crippen molar-refractivity contribution in [3.05, 3.63) is 65.6 Å². The summed E-state index contributed by atoms with van der Waals surface area (Å²) in [7, 11) is 0. The molecule has 3 N–H and O–H groups in total. The highest BCUT2D eigenvalue weighted by molar-refractivity contribution is 5.87. The largest absolute Gasteiger partial charge is 0.492 e. The van der Waals surface area contributed by atoms with Crippen molar-refractivity contribution in [1.29, 1.82) is 0 Å². The molecule has 0 aliphatic carbocycles. The van der Waals surface area contributed by atoms with Crippen molar-refractivity contribution >= 4 is 22.9 Å². The maximum Gasteiger partial charge on any atom is 0.323 e. The van der Waals surface area contributed by atoms with Gasteiger partial charge in [0.2, 0.25) is 0 Å². The number of halogens is 1. The highest BCUT2D eigenvalue weighted by Crippen LogP contribution is 2.44. The molecule has 34 heavy (non-hydrogen) atoms. The van der Waals surface area contributed by atoms with E-state index in [1.807, 2.05) is 30.3 Å². The molecule has 2 aromatic carbocycles. The number of aromatic amines is 1. The summed E-state index contributed by atoms with van der Waals surface area (Å²) in [6, 6.07) is 13.9. The summed E-state index contributed by atoms with van der Waals surface area (Å²) in [4.78, 5) is 31.5. The molecule has 1 atom stereocenters. The number of carbonyl (C=O) groups is 2. The maximum absolute atomic E-state index is 13.9.